The minimum atomic E-state index is -0.421. The molecular formula is C115H121NO3. The molecule has 0 radical (unpaired) electrons. The van der Waals surface area contributed by atoms with Gasteiger partial charge in [0.05, 0.1) is 0 Å². The van der Waals surface area contributed by atoms with Gasteiger partial charge in [0.1, 0.15) is 33.5 Å². The maximum absolute atomic E-state index is 7.36. The van der Waals surface area contributed by atoms with Crippen molar-refractivity contribution in [2.45, 2.75) is 276 Å². The second-order valence-corrected chi connectivity index (χ2v) is 38.4. The van der Waals surface area contributed by atoms with E-state index in [1.807, 2.05) is 0 Å². The van der Waals surface area contributed by atoms with Gasteiger partial charge in [0.2, 0.25) is 0 Å². The zero-order valence-corrected chi connectivity index (χ0v) is 72.7. The summed E-state index contributed by atoms with van der Waals surface area (Å²) in [7, 11) is 0. The van der Waals surface area contributed by atoms with Crippen LogP contribution in [0, 0.1) is 0 Å². The van der Waals surface area contributed by atoms with Crippen molar-refractivity contribution in [1.82, 2.24) is 0 Å². The number of anilines is 3. The highest BCUT2D eigenvalue weighted by atomic mass is 16.3. The van der Waals surface area contributed by atoms with Crippen LogP contribution in [0.3, 0.4) is 0 Å². The topological polar surface area (TPSA) is 42.7 Å². The van der Waals surface area contributed by atoms with Crippen LogP contribution in [0.15, 0.2) is 226 Å². The summed E-state index contributed by atoms with van der Waals surface area (Å²) in [5.74, 6) is 0. The molecule has 0 unspecified atom stereocenters. The SMILES string of the molecule is CCCCCCCCC1(CCCCCCCC)c2cc(N(c3ccc4c(c3)C(C)(C)c3cc(-c5ccccc5)c5oc6ccccc6c5c3-4)c3ccc4c(c3)C(C)(C)c3c5c(c6c(oc7ccccc76)c3-4)-c3ccccc3C5(C)C)ccc2-c2cc3c(cc21)-c1c(ccc2oc4ccccc4c12)C3(CCCCCCCC)CCCCCCCC. The van der Waals surface area contributed by atoms with Crippen molar-refractivity contribution < 1.29 is 13.3 Å². The van der Waals surface area contributed by atoms with E-state index in [4.69, 9.17) is 13.3 Å². The molecule has 0 N–H and O–H groups in total. The second-order valence-electron chi connectivity index (χ2n) is 38.4. The molecule has 604 valence electrons. The number of furan rings is 3. The molecule has 0 saturated carbocycles. The number of unbranched alkanes of at least 4 members (excludes halogenated alkanes) is 20. The molecule has 0 aliphatic heterocycles. The third-order valence-electron chi connectivity index (χ3n) is 30.2. The normalized spacial score (nSPS) is 15.4. The average molecular weight is 1570 g/mol. The van der Waals surface area contributed by atoms with Gasteiger partial charge in [0.25, 0.3) is 0 Å². The van der Waals surface area contributed by atoms with Gasteiger partial charge in [-0.1, -0.05) is 357 Å². The number of hydrogen-bond acceptors (Lipinski definition) is 4. The molecule has 0 atom stereocenters. The molecule has 5 aliphatic carbocycles. The van der Waals surface area contributed by atoms with E-state index in [0.29, 0.717) is 0 Å². The van der Waals surface area contributed by atoms with Crippen molar-refractivity contribution in [3.8, 4) is 66.8 Å². The van der Waals surface area contributed by atoms with Gasteiger partial charge in [-0.15, -0.1) is 0 Å². The van der Waals surface area contributed by atoms with Crippen molar-refractivity contribution in [1.29, 1.82) is 0 Å². The molecule has 12 aromatic carbocycles. The summed E-state index contributed by atoms with van der Waals surface area (Å²) in [6.45, 7) is 24.4. The zero-order chi connectivity index (χ0) is 81.1. The fourth-order valence-electron chi connectivity index (χ4n) is 24.2. The lowest BCUT2D eigenvalue weighted by molar-refractivity contribution is 0.394. The van der Waals surface area contributed by atoms with E-state index < -0.39 is 5.41 Å². The first-order valence-electron chi connectivity index (χ1n) is 46.7. The van der Waals surface area contributed by atoms with Gasteiger partial charge < -0.3 is 18.2 Å². The Balaban J connectivity index is 0.823. The number of hydrogen-bond donors (Lipinski definition) is 0. The molecule has 0 saturated heterocycles. The highest BCUT2D eigenvalue weighted by molar-refractivity contribution is 6.22. The van der Waals surface area contributed by atoms with Gasteiger partial charge in [0.15, 0.2) is 0 Å². The Hall–Kier alpha value is -10.2. The predicted octanol–water partition coefficient (Wildman–Crippen LogP) is 35.0. The van der Waals surface area contributed by atoms with Gasteiger partial charge in [-0.25, -0.2) is 0 Å². The van der Waals surface area contributed by atoms with Crippen molar-refractivity contribution in [2.24, 2.45) is 0 Å². The van der Waals surface area contributed by atoms with Crippen molar-refractivity contribution in [3.05, 3.63) is 268 Å². The molecule has 5 aliphatic rings. The van der Waals surface area contributed by atoms with E-state index in [1.165, 1.54) is 298 Å². The Labute approximate surface area is 707 Å². The smallest absolute Gasteiger partial charge is 0.144 e. The van der Waals surface area contributed by atoms with Gasteiger partial charge in [-0.3, -0.25) is 0 Å². The maximum Gasteiger partial charge on any atom is 0.144 e. The summed E-state index contributed by atoms with van der Waals surface area (Å²) in [5.41, 5.74) is 38.3. The molecule has 0 fully saturated rings. The molecule has 119 heavy (non-hydrogen) atoms. The molecule has 20 rings (SSSR count). The standard InChI is InChI=1S/C115H121NO3/c1-11-15-19-23-27-42-64-114(65-43-28-24-20-16-12-2)89-62-63-99-102(82-49-35-39-53-96(82)117-99)101(89)87-73-93-86(72-94(87)114)78-59-56-77(70-92(78)115(93,66-44-29-25-21-17-13-3)67-45-30-26-22-18-14-4)116(75-57-60-80-90(68-75)111(5,6)95-71-85(74-46-32-31-33-47-74)109-104(100(80)95)83-50-36-40-54-97(83)118-109)76-58-61-81-91(69-76)113(9,10)108-106(81)110-105(84-51-37-41-55-98(84)119-110)103-79-48-34-38-52-88(79)112(7,8)107(103)108/h31-41,46-63,68-73H,11-30,42-45,64-67H2,1-10H3. The number of nitrogens with zero attached hydrogens (tertiary/aromatic N) is 1. The third-order valence-corrected chi connectivity index (χ3v) is 30.2. The Morgan fingerprint density at radius 2 is 0.639 bits per heavy atom. The average Bonchev–Trinajstić information content (AvgIpc) is 1.51. The Morgan fingerprint density at radius 3 is 1.22 bits per heavy atom. The van der Waals surface area contributed by atoms with E-state index in [1.54, 1.807) is 16.7 Å². The summed E-state index contributed by atoms with van der Waals surface area (Å²) < 4.78 is 21.5. The van der Waals surface area contributed by atoms with Crippen LogP contribution in [0.5, 0.6) is 0 Å². The van der Waals surface area contributed by atoms with E-state index >= 15 is 0 Å². The first-order chi connectivity index (χ1) is 58.2. The molecule has 3 heterocycles. The predicted molar refractivity (Wildman–Crippen MR) is 505 cm³/mol. The fourth-order valence-corrected chi connectivity index (χ4v) is 24.2. The van der Waals surface area contributed by atoms with Gasteiger partial charge in [0, 0.05) is 87.6 Å². The van der Waals surface area contributed by atoms with Crippen LogP contribution in [-0.4, -0.2) is 0 Å². The van der Waals surface area contributed by atoms with Crippen LogP contribution in [0.2, 0.25) is 0 Å². The van der Waals surface area contributed by atoms with Crippen molar-refractivity contribution >= 4 is 82.9 Å². The van der Waals surface area contributed by atoms with Crippen LogP contribution < -0.4 is 4.90 Å². The molecule has 4 heteroatoms. The highest BCUT2D eigenvalue weighted by Gasteiger charge is 2.52. The maximum atomic E-state index is 7.36. The summed E-state index contributed by atoms with van der Waals surface area (Å²) >= 11 is 0. The number of benzene rings is 12. The van der Waals surface area contributed by atoms with Crippen molar-refractivity contribution in [3.63, 3.8) is 0 Å². The van der Waals surface area contributed by atoms with Gasteiger partial charge in [-0.05, 0) is 216 Å². The fraction of sp³-hybridized carbons (Fsp3) is 0.374. The minimum absolute atomic E-state index is 0.139. The molecular weight excluding hydrogens is 1440 g/mol. The van der Waals surface area contributed by atoms with Gasteiger partial charge in [-0.2, -0.15) is 0 Å². The second kappa shape index (κ2) is 30.8. The first-order valence-corrected chi connectivity index (χ1v) is 46.7. The van der Waals surface area contributed by atoms with Crippen LogP contribution in [0.1, 0.15) is 305 Å². The summed E-state index contributed by atoms with van der Waals surface area (Å²) in [6.07, 6.45) is 35.1. The Morgan fingerprint density at radius 1 is 0.244 bits per heavy atom. The molecule has 0 amide bonds. The largest absolute Gasteiger partial charge is 0.456 e. The molecule has 0 bridgehead atoms. The quantitative estimate of drug-likeness (QED) is 0.0394. The lowest BCUT2D eigenvalue weighted by Gasteiger charge is -2.35. The lowest BCUT2D eigenvalue weighted by atomic mass is 9.68. The third kappa shape index (κ3) is 12.3. The monoisotopic (exact) mass is 1560 g/mol. The van der Waals surface area contributed by atoms with Crippen LogP contribution in [0.4, 0.5) is 17.1 Å². The van der Waals surface area contributed by atoms with Gasteiger partial charge >= 0.3 is 0 Å². The van der Waals surface area contributed by atoms with Crippen LogP contribution in [0.25, 0.3) is 133 Å². The Kier molecular flexibility index (Phi) is 20.1. The molecule has 4 nitrogen and oxygen atoms in total. The number of fused-ring (bicyclic) bond motifs is 29. The van der Waals surface area contributed by atoms with E-state index in [-0.39, 0.29) is 21.7 Å². The summed E-state index contributed by atoms with van der Waals surface area (Å²) in [6, 6.07) is 83.1. The molecule has 3 aromatic heterocycles. The van der Waals surface area contributed by atoms with Crippen molar-refractivity contribution in [2.75, 3.05) is 4.90 Å². The van der Waals surface area contributed by atoms with E-state index in [9.17, 15) is 0 Å². The summed E-state index contributed by atoms with van der Waals surface area (Å²) in [4.78, 5) is 2.71. The summed E-state index contributed by atoms with van der Waals surface area (Å²) in [5, 5.41) is 7.35. The molecule has 0 spiro atoms. The van der Waals surface area contributed by atoms with Crippen LogP contribution >= 0.6 is 0 Å². The lowest BCUT2D eigenvalue weighted by Crippen LogP contribution is -2.27. The minimum Gasteiger partial charge on any atom is -0.456 e. The van der Waals surface area contributed by atoms with E-state index in [2.05, 4.69) is 286 Å². The van der Waals surface area contributed by atoms with E-state index in [0.717, 1.165) is 70.1 Å². The highest BCUT2D eigenvalue weighted by Crippen LogP contribution is 2.67. The zero-order valence-electron chi connectivity index (χ0n) is 72.7. The Bertz CT molecular complexity index is 6400. The molecule has 15 aromatic rings. The van der Waals surface area contributed by atoms with Crippen LogP contribution in [-0.2, 0) is 27.1 Å². The first kappa shape index (κ1) is 77.4. The number of rotatable bonds is 32. The number of para-hydroxylation sites is 3.